The van der Waals surface area contributed by atoms with Gasteiger partial charge in [0.15, 0.2) is 11.6 Å². The number of benzene rings is 3. The minimum absolute atomic E-state index is 0.255. The third-order valence-electron chi connectivity index (χ3n) is 8.46. The maximum atomic E-state index is 13.6. The summed E-state index contributed by atoms with van der Waals surface area (Å²) in [5.74, 6) is 5.99. The minimum Gasteiger partial charge on any atom is -0.353 e. The van der Waals surface area contributed by atoms with Crippen LogP contribution in [0.3, 0.4) is 0 Å². The first-order valence-electron chi connectivity index (χ1n) is 16.2. The van der Waals surface area contributed by atoms with Gasteiger partial charge in [0.1, 0.15) is 17.8 Å². The summed E-state index contributed by atoms with van der Waals surface area (Å²) < 4.78 is 0. The van der Waals surface area contributed by atoms with Crippen molar-refractivity contribution >= 4 is 34.4 Å². The molecule has 0 spiro atoms. The van der Waals surface area contributed by atoms with Crippen LogP contribution in [0.25, 0.3) is 10.9 Å². The largest absolute Gasteiger partial charge is 0.353 e. The molecule has 0 radical (unpaired) electrons. The van der Waals surface area contributed by atoms with Crippen LogP contribution in [0.1, 0.15) is 60.9 Å². The maximum absolute atomic E-state index is 13.6. The summed E-state index contributed by atoms with van der Waals surface area (Å²) in [6.07, 6.45) is -0.168. The van der Waals surface area contributed by atoms with Crippen molar-refractivity contribution < 1.29 is 14.4 Å². The molecule has 2 atom stereocenters. The molecule has 5 aromatic rings. The Morgan fingerprint density at radius 2 is 1.37 bits per heavy atom. The molecule has 0 bridgehead atoms. The highest BCUT2D eigenvalue weighted by atomic mass is 16.6. The van der Waals surface area contributed by atoms with Gasteiger partial charge in [-0.05, 0) is 63.1 Å². The van der Waals surface area contributed by atoms with E-state index in [2.05, 4.69) is 40.4 Å². The number of nitrogens with two attached hydrogens (primary N) is 1. The Hall–Kier alpha value is -5.14. The lowest BCUT2D eigenvalue weighted by atomic mass is 9.96. The normalized spacial score (nSPS) is 14.9. The summed E-state index contributed by atoms with van der Waals surface area (Å²) in [6, 6.07) is 24.3. The van der Waals surface area contributed by atoms with Crippen LogP contribution < -0.4 is 16.5 Å². The number of carbonyl (C=O) groups excluding carboxylic acids is 2. The second-order valence-electron chi connectivity index (χ2n) is 12.7. The summed E-state index contributed by atoms with van der Waals surface area (Å²) in [5, 5.41) is 7.55. The highest BCUT2D eigenvalue weighted by Gasteiger charge is 2.41. The van der Waals surface area contributed by atoms with Gasteiger partial charge in [0.05, 0.1) is 11.2 Å². The van der Waals surface area contributed by atoms with Crippen LogP contribution in [0.15, 0.2) is 78.9 Å². The van der Waals surface area contributed by atoms with Crippen molar-refractivity contribution in [2.75, 3.05) is 65.0 Å². The van der Waals surface area contributed by atoms with Gasteiger partial charge >= 0.3 is 0 Å². The molecule has 12 nitrogen and oxygen atoms in total. The van der Waals surface area contributed by atoms with Crippen LogP contribution in [-0.2, 0) is 11.3 Å². The van der Waals surface area contributed by atoms with Gasteiger partial charge in [-0.25, -0.2) is 5.90 Å². The van der Waals surface area contributed by atoms with Crippen molar-refractivity contribution in [3.8, 4) is 0 Å². The number of Topliss-reactive ketones (excluding diaryl/α,β-unsaturated/α-hetero) is 2. The summed E-state index contributed by atoms with van der Waals surface area (Å²) in [6.45, 7) is 3.08. The van der Waals surface area contributed by atoms with E-state index in [1.807, 2.05) is 82.8 Å². The Balaban J connectivity index is 1.19. The smallest absolute Gasteiger partial charge is 0.227 e. The summed E-state index contributed by atoms with van der Waals surface area (Å²) in [7, 11) is 8.07. The van der Waals surface area contributed by atoms with E-state index in [4.69, 9.17) is 10.7 Å². The van der Waals surface area contributed by atoms with Crippen LogP contribution in [0.5, 0.6) is 0 Å². The number of nitrogens with zero attached hydrogens (tertiary/aromatic N) is 6. The fourth-order valence-electron chi connectivity index (χ4n) is 5.87. The van der Waals surface area contributed by atoms with Gasteiger partial charge in [-0.1, -0.05) is 60.7 Å². The van der Waals surface area contributed by atoms with Gasteiger partial charge < -0.3 is 20.4 Å². The zero-order valence-corrected chi connectivity index (χ0v) is 28.2. The molecule has 3 aromatic carbocycles. The predicted molar refractivity (Wildman–Crippen MR) is 190 cm³/mol. The fraction of sp³-hybridized carbons (Fsp3) is 0.297. The molecule has 0 aliphatic heterocycles. The van der Waals surface area contributed by atoms with Gasteiger partial charge in [0.2, 0.25) is 11.9 Å². The van der Waals surface area contributed by atoms with Gasteiger partial charge in [-0.15, -0.1) is 0 Å². The third-order valence-corrected chi connectivity index (χ3v) is 8.46. The monoisotopic (exact) mass is 659 g/mol. The summed E-state index contributed by atoms with van der Waals surface area (Å²) in [5.41, 5.74) is 4.36. The number of hydrogen-bond donors (Lipinski definition) is 3. The SMILES string of the molecule is CN(C)CCNc1nc(Cc2ccc(C(ON)c3ccc4c(c3)C(=O)C(c3ccc5ccccc5n3)C4=O)cc2)nc(NCCN(C)C)n1. The van der Waals surface area contributed by atoms with Crippen LogP contribution in [-0.4, -0.2) is 95.7 Å². The predicted octanol–water partition coefficient (Wildman–Crippen LogP) is 4.10. The fourth-order valence-corrected chi connectivity index (χ4v) is 5.87. The van der Waals surface area contributed by atoms with E-state index in [1.165, 1.54) is 0 Å². The van der Waals surface area contributed by atoms with Crippen molar-refractivity contribution in [1.82, 2.24) is 29.7 Å². The number of likely N-dealkylation sites (N-methyl/N-ethyl adjacent to an activating group) is 2. The Labute approximate surface area is 285 Å². The van der Waals surface area contributed by atoms with Gasteiger partial charge in [0.25, 0.3) is 0 Å². The summed E-state index contributed by atoms with van der Waals surface area (Å²) >= 11 is 0. The molecule has 252 valence electrons. The average molecular weight is 660 g/mol. The number of para-hydroxylation sites is 1. The molecule has 12 heteroatoms. The van der Waals surface area contributed by atoms with Crippen LogP contribution in [0.4, 0.5) is 11.9 Å². The molecule has 4 N–H and O–H groups in total. The second-order valence-corrected chi connectivity index (χ2v) is 12.7. The molecule has 2 heterocycles. The molecule has 2 aromatic heterocycles. The molecule has 2 unspecified atom stereocenters. The number of nitrogens with one attached hydrogen (secondary N) is 2. The van der Waals surface area contributed by atoms with Gasteiger partial charge in [-0.3, -0.25) is 19.4 Å². The highest BCUT2D eigenvalue weighted by molar-refractivity contribution is 6.29. The molecule has 0 amide bonds. The van der Waals surface area contributed by atoms with E-state index in [9.17, 15) is 9.59 Å². The minimum atomic E-state index is -0.978. The number of fused-ring (bicyclic) bond motifs is 2. The van der Waals surface area contributed by atoms with E-state index in [0.717, 1.165) is 35.1 Å². The van der Waals surface area contributed by atoms with Crippen molar-refractivity contribution in [1.29, 1.82) is 0 Å². The third kappa shape index (κ3) is 7.79. The number of ketones is 2. The molecular weight excluding hydrogens is 618 g/mol. The lowest BCUT2D eigenvalue weighted by molar-refractivity contribution is 0.0812. The molecule has 1 aliphatic carbocycles. The van der Waals surface area contributed by atoms with Crippen molar-refractivity contribution in [2.24, 2.45) is 5.90 Å². The molecule has 6 rings (SSSR count). The van der Waals surface area contributed by atoms with E-state index in [-0.39, 0.29) is 11.6 Å². The van der Waals surface area contributed by atoms with Crippen LogP contribution in [0.2, 0.25) is 0 Å². The summed E-state index contributed by atoms with van der Waals surface area (Å²) in [4.78, 5) is 55.2. The zero-order chi connectivity index (χ0) is 34.5. The number of carbonyl (C=O) groups is 2. The van der Waals surface area contributed by atoms with E-state index < -0.39 is 12.0 Å². The van der Waals surface area contributed by atoms with Crippen molar-refractivity contribution in [2.45, 2.75) is 18.4 Å². The molecule has 0 saturated heterocycles. The number of rotatable bonds is 14. The highest BCUT2D eigenvalue weighted by Crippen LogP contribution is 2.36. The van der Waals surface area contributed by atoms with E-state index in [1.54, 1.807) is 24.3 Å². The zero-order valence-electron chi connectivity index (χ0n) is 28.2. The quantitative estimate of drug-likeness (QED) is 0.116. The number of anilines is 2. The molecule has 0 fully saturated rings. The topological polar surface area (TPSA) is 151 Å². The molecule has 0 saturated carbocycles. The first kappa shape index (κ1) is 33.7. The Morgan fingerprint density at radius 3 is 2.02 bits per heavy atom. The average Bonchev–Trinajstić information content (AvgIpc) is 3.33. The standard InChI is InChI=1S/C37H41N9O3/c1-45(2)19-17-39-36-42-31(43-37(44-36)40-18-20-46(3)4)21-23-9-11-25(12-10-23)35(49-38)26-13-15-27-28(22-26)34(48)32(33(27)47)30-16-14-24-7-5-6-8-29(24)41-30/h5-16,22,32,35H,17-21,38H2,1-4H3,(H2,39,40,42,43,44). The first-order chi connectivity index (χ1) is 23.7. The van der Waals surface area contributed by atoms with E-state index >= 15 is 0 Å². The Morgan fingerprint density at radius 1 is 0.735 bits per heavy atom. The van der Waals surface area contributed by atoms with Crippen molar-refractivity contribution in [3.05, 3.63) is 118 Å². The molecule has 49 heavy (non-hydrogen) atoms. The van der Waals surface area contributed by atoms with Crippen LogP contribution >= 0.6 is 0 Å². The molecule has 1 aliphatic rings. The number of pyridine rings is 1. The lowest BCUT2D eigenvalue weighted by Gasteiger charge is -2.17. The Bertz CT molecular complexity index is 1930. The van der Waals surface area contributed by atoms with Gasteiger partial charge in [0, 0.05) is 49.1 Å². The van der Waals surface area contributed by atoms with Gasteiger partial charge in [-0.2, -0.15) is 15.0 Å². The van der Waals surface area contributed by atoms with E-state index in [0.29, 0.717) is 59.6 Å². The second kappa shape index (κ2) is 15.0. The molecular formula is C37H41N9O3. The Kier molecular flexibility index (Phi) is 10.3. The number of hydrogen-bond acceptors (Lipinski definition) is 12. The number of aromatic nitrogens is 4. The lowest BCUT2D eigenvalue weighted by Crippen LogP contribution is -2.23. The van der Waals surface area contributed by atoms with Crippen molar-refractivity contribution in [3.63, 3.8) is 0 Å². The van der Waals surface area contributed by atoms with Crippen LogP contribution in [0, 0.1) is 0 Å². The maximum Gasteiger partial charge on any atom is 0.227 e. The first-order valence-corrected chi connectivity index (χ1v) is 16.2.